The SMILES string of the molecule is C=NC(=C)CC1CCN(CCC(=O)Nc2ccc(C)cc2)CC1. The molecule has 1 amide bonds. The monoisotopic (exact) mass is 313 g/mol. The second-order valence-electron chi connectivity index (χ2n) is 6.38. The van der Waals surface area contributed by atoms with Crippen molar-refractivity contribution in [3.05, 3.63) is 42.1 Å². The third-order valence-corrected chi connectivity index (χ3v) is 4.45. The zero-order chi connectivity index (χ0) is 16.7. The Kier molecular flexibility index (Phi) is 6.53. The second kappa shape index (κ2) is 8.63. The molecule has 0 spiro atoms. The zero-order valence-electron chi connectivity index (χ0n) is 14.1. The summed E-state index contributed by atoms with van der Waals surface area (Å²) in [6.45, 7) is 12.4. The number of aliphatic imine (C=N–C) groups is 1. The highest BCUT2D eigenvalue weighted by Crippen LogP contribution is 2.23. The van der Waals surface area contributed by atoms with Crippen LogP contribution in [0.4, 0.5) is 5.69 Å². The minimum Gasteiger partial charge on any atom is -0.326 e. The number of amides is 1. The van der Waals surface area contributed by atoms with Gasteiger partial charge >= 0.3 is 0 Å². The molecule has 1 saturated heterocycles. The van der Waals surface area contributed by atoms with Gasteiger partial charge in [-0.3, -0.25) is 9.79 Å². The van der Waals surface area contributed by atoms with Crippen molar-refractivity contribution in [3.8, 4) is 0 Å². The fourth-order valence-electron chi connectivity index (χ4n) is 2.93. The Morgan fingerprint density at radius 3 is 2.57 bits per heavy atom. The number of allylic oxidation sites excluding steroid dienone is 1. The van der Waals surface area contributed by atoms with Gasteiger partial charge in [0.25, 0.3) is 0 Å². The Morgan fingerprint density at radius 2 is 1.96 bits per heavy atom. The van der Waals surface area contributed by atoms with Gasteiger partial charge in [0.2, 0.25) is 5.91 Å². The molecule has 1 heterocycles. The standard InChI is InChI=1S/C19H27N3O/c1-15-4-6-18(7-5-15)21-19(23)10-13-22-11-8-17(9-12-22)14-16(2)20-3/h4-7,17H,2-3,8-14H2,1H3,(H,21,23). The topological polar surface area (TPSA) is 44.7 Å². The van der Waals surface area contributed by atoms with Crippen molar-refractivity contribution >= 4 is 18.3 Å². The average molecular weight is 313 g/mol. The summed E-state index contributed by atoms with van der Waals surface area (Å²) >= 11 is 0. The second-order valence-corrected chi connectivity index (χ2v) is 6.38. The van der Waals surface area contributed by atoms with Crippen LogP contribution >= 0.6 is 0 Å². The van der Waals surface area contributed by atoms with Crippen LogP contribution in [0.2, 0.25) is 0 Å². The molecule has 1 aliphatic heterocycles. The summed E-state index contributed by atoms with van der Waals surface area (Å²) in [5.74, 6) is 0.742. The van der Waals surface area contributed by atoms with Crippen molar-refractivity contribution in [2.45, 2.75) is 32.6 Å². The van der Waals surface area contributed by atoms with Gasteiger partial charge in [-0.05, 0) is 64.0 Å². The molecule has 1 N–H and O–H groups in total. The maximum atomic E-state index is 12.0. The predicted molar refractivity (Wildman–Crippen MR) is 96.9 cm³/mol. The van der Waals surface area contributed by atoms with Gasteiger partial charge in [-0.25, -0.2) is 0 Å². The summed E-state index contributed by atoms with van der Waals surface area (Å²) in [7, 11) is 0. The molecular weight excluding hydrogens is 286 g/mol. The first-order chi connectivity index (χ1) is 11.1. The van der Waals surface area contributed by atoms with Crippen LogP contribution in [0.5, 0.6) is 0 Å². The molecule has 0 saturated carbocycles. The van der Waals surface area contributed by atoms with Crippen molar-refractivity contribution in [1.82, 2.24) is 4.90 Å². The molecule has 1 fully saturated rings. The van der Waals surface area contributed by atoms with E-state index in [2.05, 4.69) is 28.5 Å². The van der Waals surface area contributed by atoms with Crippen molar-refractivity contribution in [2.75, 3.05) is 25.0 Å². The number of hydrogen-bond donors (Lipinski definition) is 1. The minimum atomic E-state index is 0.0835. The molecule has 0 bridgehead atoms. The molecule has 0 atom stereocenters. The molecule has 0 radical (unpaired) electrons. The summed E-state index contributed by atoms with van der Waals surface area (Å²) < 4.78 is 0. The molecule has 124 valence electrons. The van der Waals surface area contributed by atoms with E-state index >= 15 is 0 Å². The molecule has 1 aromatic carbocycles. The third kappa shape index (κ3) is 5.99. The number of hydrogen-bond acceptors (Lipinski definition) is 3. The van der Waals surface area contributed by atoms with Crippen LogP contribution in [0, 0.1) is 12.8 Å². The third-order valence-electron chi connectivity index (χ3n) is 4.45. The molecule has 0 aliphatic carbocycles. The van der Waals surface area contributed by atoms with E-state index in [0.717, 1.165) is 50.3 Å². The van der Waals surface area contributed by atoms with Crippen LogP contribution < -0.4 is 5.32 Å². The number of carbonyl (C=O) groups is 1. The molecule has 1 aliphatic rings. The number of nitrogens with one attached hydrogen (secondary N) is 1. The van der Waals surface area contributed by atoms with E-state index in [-0.39, 0.29) is 5.91 Å². The van der Waals surface area contributed by atoms with E-state index in [1.54, 1.807) is 0 Å². The van der Waals surface area contributed by atoms with Gasteiger partial charge in [0.15, 0.2) is 0 Å². The largest absolute Gasteiger partial charge is 0.326 e. The van der Waals surface area contributed by atoms with Crippen LogP contribution in [0.3, 0.4) is 0 Å². The van der Waals surface area contributed by atoms with Gasteiger partial charge < -0.3 is 10.2 Å². The van der Waals surface area contributed by atoms with E-state index < -0.39 is 0 Å². The van der Waals surface area contributed by atoms with E-state index in [1.165, 1.54) is 5.56 Å². The van der Waals surface area contributed by atoms with Gasteiger partial charge in [-0.2, -0.15) is 0 Å². The quantitative estimate of drug-likeness (QED) is 0.781. The maximum absolute atomic E-state index is 12.0. The first-order valence-corrected chi connectivity index (χ1v) is 8.30. The van der Waals surface area contributed by atoms with Crippen molar-refractivity contribution in [3.63, 3.8) is 0 Å². The summed E-state index contributed by atoms with van der Waals surface area (Å²) in [6, 6.07) is 7.90. The number of rotatable bonds is 7. The lowest BCUT2D eigenvalue weighted by molar-refractivity contribution is -0.116. The lowest BCUT2D eigenvalue weighted by Gasteiger charge is -2.31. The van der Waals surface area contributed by atoms with Crippen LogP contribution in [-0.2, 0) is 4.79 Å². The van der Waals surface area contributed by atoms with E-state index in [9.17, 15) is 4.79 Å². The smallest absolute Gasteiger partial charge is 0.225 e. The molecule has 0 aromatic heterocycles. The van der Waals surface area contributed by atoms with Gasteiger partial charge in [0.1, 0.15) is 0 Å². The first kappa shape index (κ1) is 17.4. The Bertz CT molecular complexity index is 542. The summed E-state index contributed by atoms with van der Waals surface area (Å²) in [5.41, 5.74) is 2.95. The predicted octanol–water partition coefficient (Wildman–Crippen LogP) is 3.64. The average Bonchev–Trinajstić information content (AvgIpc) is 2.56. The van der Waals surface area contributed by atoms with E-state index in [0.29, 0.717) is 12.3 Å². The Hall–Kier alpha value is -1.94. The van der Waals surface area contributed by atoms with Crippen molar-refractivity contribution < 1.29 is 4.79 Å². The van der Waals surface area contributed by atoms with Crippen LogP contribution in [0.1, 0.15) is 31.2 Å². The first-order valence-electron chi connectivity index (χ1n) is 8.30. The zero-order valence-corrected chi connectivity index (χ0v) is 14.1. The van der Waals surface area contributed by atoms with Crippen molar-refractivity contribution in [2.24, 2.45) is 10.9 Å². The summed E-state index contributed by atoms with van der Waals surface area (Å²) in [6.07, 6.45) is 3.78. The molecule has 4 heteroatoms. The fraction of sp³-hybridized carbons (Fsp3) is 0.474. The molecule has 1 aromatic rings. The van der Waals surface area contributed by atoms with Gasteiger partial charge in [-0.1, -0.05) is 24.3 Å². The number of benzene rings is 1. The number of anilines is 1. The Balaban J connectivity index is 1.66. The molecule has 23 heavy (non-hydrogen) atoms. The molecular formula is C19H27N3O. The summed E-state index contributed by atoms with van der Waals surface area (Å²) in [4.78, 5) is 18.3. The normalized spacial score (nSPS) is 16.0. The highest BCUT2D eigenvalue weighted by molar-refractivity contribution is 5.90. The molecule has 4 nitrogen and oxygen atoms in total. The maximum Gasteiger partial charge on any atom is 0.225 e. The van der Waals surface area contributed by atoms with Crippen LogP contribution in [0.15, 0.2) is 41.5 Å². The van der Waals surface area contributed by atoms with Crippen LogP contribution in [-0.4, -0.2) is 37.2 Å². The van der Waals surface area contributed by atoms with Gasteiger partial charge in [0, 0.05) is 24.4 Å². The summed E-state index contributed by atoms with van der Waals surface area (Å²) in [5, 5.41) is 2.95. The van der Waals surface area contributed by atoms with E-state index in [4.69, 9.17) is 0 Å². The molecule has 0 unspecified atom stereocenters. The van der Waals surface area contributed by atoms with Gasteiger partial charge in [0.05, 0.1) is 0 Å². The Labute approximate surface area is 139 Å². The highest BCUT2D eigenvalue weighted by Gasteiger charge is 2.20. The van der Waals surface area contributed by atoms with Crippen LogP contribution in [0.25, 0.3) is 0 Å². The van der Waals surface area contributed by atoms with Crippen molar-refractivity contribution in [1.29, 1.82) is 0 Å². The lowest BCUT2D eigenvalue weighted by Crippen LogP contribution is -2.35. The number of carbonyl (C=O) groups excluding carboxylic acids is 1. The number of piperidine rings is 1. The minimum absolute atomic E-state index is 0.0835. The highest BCUT2D eigenvalue weighted by atomic mass is 16.1. The number of aryl methyl sites for hydroxylation is 1. The molecule has 2 rings (SSSR count). The number of nitrogens with zero attached hydrogens (tertiary/aromatic N) is 2. The lowest BCUT2D eigenvalue weighted by atomic mass is 9.92. The van der Waals surface area contributed by atoms with Gasteiger partial charge in [-0.15, -0.1) is 0 Å². The van der Waals surface area contributed by atoms with E-state index in [1.807, 2.05) is 31.2 Å². The fourth-order valence-corrected chi connectivity index (χ4v) is 2.93. The number of likely N-dealkylation sites (tertiary alicyclic amines) is 1. The Morgan fingerprint density at radius 1 is 1.30 bits per heavy atom.